The molecule has 18 heavy (non-hydrogen) atoms. The first kappa shape index (κ1) is 11.8. The Morgan fingerprint density at radius 3 is 2.61 bits per heavy atom. The van der Waals surface area contributed by atoms with Crippen molar-refractivity contribution in [2.45, 2.75) is 46.5 Å². The Balaban J connectivity index is 2.11. The first-order valence-electron chi connectivity index (χ1n) is 6.98. The average Bonchev–Trinajstić information content (AvgIpc) is 2.91. The van der Waals surface area contributed by atoms with E-state index in [1.807, 2.05) is 0 Å². The lowest BCUT2D eigenvalue weighted by molar-refractivity contribution is 0.401. The summed E-state index contributed by atoms with van der Waals surface area (Å²) in [5.41, 5.74) is 5.01. The van der Waals surface area contributed by atoms with Gasteiger partial charge in [0.25, 0.3) is 0 Å². The van der Waals surface area contributed by atoms with Crippen LogP contribution >= 0.6 is 0 Å². The summed E-state index contributed by atoms with van der Waals surface area (Å²) in [5, 5.41) is 5.48. The number of fused-ring (bicyclic) bond motifs is 3. The average molecular weight is 243 g/mol. The molecule has 1 atom stereocenters. The molecule has 0 spiro atoms. The van der Waals surface area contributed by atoms with E-state index in [0.717, 1.165) is 29.5 Å². The second-order valence-corrected chi connectivity index (χ2v) is 6.21. The quantitative estimate of drug-likeness (QED) is 0.785. The van der Waals surface area contributed by atoms with Crippen LogP contribution in [0.15, 0.2) is 16.7 Å². The second kappa shape index (κ2) is 4.11. The monoisotopic (exact) mass is 243 g/mol. The predicted molar refractivity (Wildman–Crippen MR) is 73.8 cm³/mol. The topological polar surface area (TPSA) is 26.0 Å². The highest BCUT2D eigenvalue weighted by atomic mass is 16.5. The van der Waals surface area contributed by atoms with Crippen molar-refractivity contribution in [1.82, 2.24) is 5.16 Å². The molecule has 3 rings (SSSR count). The van der Waals surface area contributed by atoms with Gasteiger partial charge < -0.3 is 4.52 Å². The molecule has 0 saturated carbocycles. The Labute approximate surface area is 108 Å². The van der Waals surface area contributed by atoms with Gasteiger partial charge in [-0.05, 0) is 42.2 Å². The van der Waals surface area contributed by atoms with Crippen molar-refractivity contribution in [2.24, 2.45) is 11.8 Å². The molecule has 1 aliphatic carbocycles. The molecule has 0 saturated heterocycles. The van der Waals surface area contributed by atoms with Gasteiger partial charge in [-0.15, -0.1) is 0 Å². The fourth-order valence-electron chi connectivity index (χ4n) is 3.04. The Morgan fingerprint density at radius 2 is 1.94 bits per heavy atom. The summed E-state index contributed by atoms with van der Waals surface area (Å²) in [6.45, 7) is 8.96. The summed E-state index contributed by atoms with van der Waals surface area (Å²) in [6.07, 6.45) is 2.34. The molecular weight excluding hydrogens is 222 g/mol. The van der Waals surface area contributed by atoms with Crippen molar-refractivity contribution in [1.29, 1.82) is 0 Å². The van der Waals surface area contributed by atoms with E-state index in [9.17, 15) is 0 Å². The Bertz CT molecular complexity index is 580. The van der Waals surface area contributed by atoms with Gasteiger partial charge in [-0.25, -0.2) is 0 Å². The lowest BCUT2D eigenvalue weighted by Crippen LogP contribution is -2.07. The third kappa shape index (κ3) is 1.66. The molecule has 1 heterocycles. The van der Waals surface area contributed by atoms with Crippen LogP contribution in [0.4, 0.5) is 0 Å². The molecule has 0 aliphatic heterocycles. The Hall–Kier alpha value is -1.31. The molecule has 0 fully saturated rings. The molecule has 2 nitrogen and oxygen atoms in total. The van der Waals surface area contributed by atoms with E-state index in [2.05, 4.69) is 45.0 Å². The van der Waals surface area contributed by atoms with Gasteiger partial charge in [-0.1, -0.05) is 38.9 Å². The van der Waals surface area contributed by atoms with Crippen LogP contribution in [0, 0.1) is 11.8 Å². The molecule has 0 unspecified atom stereocenters. The second-order valence-electron chi connectivity index (χ2n) is 6.21. The Kier molecular flexibility index (Phi) is 2.69. The maximum Gasteiger partial charge on any atom is 0.170 e. The fraction of sp³-hybridized carbons (Fsp3) is 0.562. The summed E-state index contributed by atoms with van der Waals surface area (Å²) < 4.78 is 5.63. The molecule has 1 aromatic heterocycles. The molecule has 0 amide bonds. The van der Waals surface area contributed by atoms with E-state index in [1.165, 1.54) is 22.9 Å². The van der Waals surface area contributed by atoms with Gasteiger partial charge in [-0.2, -0.15) is 0 Å². The fourth-order valence-corrected chi connectivity index (χ4v) is 3.04. The van der Waals surface area contributed by atoms with Crippen LogP contribution in [0.1, 0.15) is 50.4 Å². The summed E-state index contributed by atoms with van der Waals surface area (Å²) in [5.74, 6) is 1.92. The summed E-state index contributed by atoms with van der Waals surface area (Å²) in [7, 11) is 0. The highest BCUT2D eigenvalue weighted by Crippen LogP contribution is 2.37. The minimum absolute atomic E-state index is 0.423. The number of aromatic nitrogens is 1. The molecule has 2 aromatic rings. The smallest absolute Gasteiger partial charge is 0.170 e. The van der Waals surface area contributed by atoms with Gasteiger partial charge in [0.1, 0.15) is 0 Å². The van der Waals surface area contributed by atoms with Crippen LogP contribution < -0.4 is 0 Å². The largest absolute Gasteiger partial charge is 0.356 e. The van der Waals surface area contributed by atoms with Gasteiger partial charge in [-0.3, -0.25) is 0 Å². The number of rotatable bonds is 2. The number of hydrogen-bond donors (Lipinski definition) is 0. The van der Waals surface area contributed by atoms with E-state index in [1.54, 1.807) is 0 Å². The van der Waals surface area contributed by atoms with Crippen LogP contribution in [0.25, 0.3) is 11.0 Å². The van der Waals surface area contributed by atoms with Crippen molar-refractivity contribution in [3.05, 3.63) is 29.0 Å². The zero-order valence-electron chi connectivity index (χ0n) is 11.7. The Morgan fingerprint density at radius 1 is 1.17 bits per heavy atom. The lowest BCUT2D eigenvalue weighted by atomic mass is 9.93. The molecule has 0 radical (unpaired) electrons. The van der Waals surface area contributed by atoms with Crippen molar-refractivity contribution in [3.63, 3.8) is 0 Å². The van der Waals surface area contributed by atoms with Crippen LogP contribution in [0.3, 0.4) is 0 Å². The van der Waals surface area contributed by atoms with Crippen molar-refractivity contribution in [2.75, 3.05) is 0 Å². The van der Waals surface area contributed by atoms with Crippen molar-refractivity contribution < 1.29 is 4.52 Å². The molecule has 96 valence electrons. The normalized spacial score (nSPS) is 19.1. The van der Waals surface area contributed by atoms with Crippen LogP contribution in [-0.4, -0.2) is 5.16 Å². The van der Waals surface area contributed by atoms with E-state index in [0.29, 0.717) is 5.92 Å². The van der Waals surface area contributed by atoms with Crippen LogP contribution in [0.5, 0.6) is 0 Å². The number of nitrogens with zero attached hydrogens (tertiary/aromatic N) is 1. The predicted octanol–water partition coefficient (Wildman–Crippen LogP) is 4.32. The van der Waals surface area contributed by atoms with Gasteiger partial charge in [0, 0.05) is 10.9 Å². The lowest BCUT2D eigenvalue weighted by Gasteiger charge is -2.12. The third-order valence-corrected chi connectivity index (χ3v) is 4.31. The summed E-state index contributed by atoms with van der Waals surface area (Å²) in [6, 6.07) is 4.48. The minimum Gasteiger partial charge on any atom is -0.356 e. The van der Waals surface area contributed by atoms with Crippen LogP contribution in [-0.2, 0) is 12.8 Å². The van der Waals surface area contributed by atoms with E-state index >= 15 is 0 Å². The summed E-state index contributed by atoms with van der Waals surface area (Å²) >= 11 is 0. The van der Waals surface area contributed by atoms with Crippen LogP contribution in [0.2, 0.25) is 0 Å². The highest BCUT2D eigenvalue weighted by molar-refractivity contribution is 5.84. The maximum atomic E-state index is 5.63. The third-order valence-electron chi connectivity index (χ3n) is 4.31. The number of benzene rings is 1. The summed E-state index contributed by atoms with van der Waals surface area (Å²) in [4.78, 5) is 0. The highest BCUT2D eigenvalue weighted by Gasteiger charge is 2.28. The first-order chi connectivity index (χ1) is 8.58. The van der Waals surface area contributed by atoms with E-state index in [4.69, 9.17) is 4.52 Å². The van der Waals surface area contributed by atoms with Gasteiger partial charge in [0.05, 0.1) is 5.69 Å². The molecular formula is C16H21NO. The molecule has 1 aromatic carbocycles. The van der Waals surface area contributed by atoms with E-state index < -0.39 is 0 Å². The first-order valence-corrected chi connectivity index (χ1v) is 6.98. The maximum absolute atomic E-state index is 5.63. The molecule has 1 aliphatic rings. The minimum atomic E-state index is 0.423. The van der Waals surface area contributed by atoms with Crippen molar-refractivity contribution in [3.8, 4) is 0 Å². The number of hydrogen-bond acceptors (Lipinski definition) is 2. The molecule has 2 heteroatoms. The SMILES string of the molecule is CC(C)c1noc2c3c(ccc12)C[C@@H](C(C)C)C3. The standard InChI is InChI=1S/C16H21NO/c1-9(2)12-7-11-5-6-13-15(10(3)4)17-18-16(13)14(11)8-12/h5-6,9-10,12H,7-8H2,1-4H3/t12-/m1/s1. The van der Waals surface area contributed by atoms with Gasteiger partial charge in [0.2, 0.25) is 0 Å². The van der Waals surface area contributed by atoms with Gasteiger partial charge in [0.15, 0.2) is 5.58 Å². The van der Waals surface area contributed by atoms with E-state index in [-0.39, 0.29) is 0 Å². The zero-order chi connectivity index (χ0) is 12.9. The zero-order valence-corrected chi connectivity index (χ0v) is 11.7. The molecule has 0 N–H and O–H groups in total. The van der Waals surface area contributed by atoms with Crippen molar-refractivity contribution >= 4 is 11.0 Å². The van der Waals surface area contributed by atoms with Gasteiger partial charge >= 0.3 is 0 Å². The molecule has 0 bridgehead atoms.